The first-order chi connectivity index (χ1) is 18.8. The van der Waals surface area contributed by atoms with E-state index in [4.69, 9.17) is 4.74 Å². The molecule has 7 heteroatoms. The van der Waals surface area contributed by atoms with Crippen LogP contribution in [0, 0.1) is 5.92 Å². The van der Waals surface area contributed by atoms with Gasteiger partial charge in [0.15, 0.2) is 0 Å². The molecule has 0 saturated carbocycles. The molecule has 0 saturated heterocycles. The molecule has 1 atom stereocenters. The Morgan fingerprint density at radius 3 is 2.03 bits per heavy atom. The van der Waals surface area contributed by atoms with Crippen LogP contribution in [0.15, 0.2) is 114 Å². The van der Waals surface area contributed by atoms with Crippen LogP contribution < -0.4 is 14.4 Å². The van der Waals surface area contributed by atoms with Crippen LogP contribution in [0.1, 0.15) is 47.8 Å². The Morgan fingerprint density at radius 2 is 1.41 bits per heavy atom. The summed E-state index contributed by atoms with van der Waals surface area (Å²) in [5, 5.41) is 3.17. The molecular weight excluding hydrogens is 508 g/mol. The minimum atomic E-state index is -3.98. The molecule has 1 N–H and O–H groups in total. The minimum absolute atomic E-state index is 0.0796. The predicted octanol–water partition coefficient (Wildman–Crippen LogP) is 6.61. The molecule has 0 aliphatic rings. The predicted molar refractivity (Wildman–Crippen MR) is 155 cm³/mol. The molecule has 202 valence electrons. The Morgan fingerprint density at radius 1 is 0.821 bits per heavy atom. The highest BCUT2D eigenvalue weighted by Crippen LogP contribution is 2.31. The monoisotopic (exact) mass is 542 g/mol. The third-order valence-electron chi connectivity index (χ3n) is 6.45. The smallest absolute Gasteiger partial charge is 0.264 e. The standard InChI is InChI=1S/C32H34N2O4S/c1-24(2)22-30(26-18-20-27(38-3)21-19-26)33-32(35)29-16-10-11-17-31(29)34(23-25-12-6-4-7-13-25)39(36,37)28-14-8-5-9-15-28/h4-21,24,30H,22-23H2,1-3H3,(H,33,35). The Hall–Kier alpha value is -4.10. The molecule has 0 spiro atoms. The van der Waals surface area contributed by atoms with Crippen molar-refractivity contribution in [2.45, 2.75) is 37.8 Å². The number of sulfonamides is 1. The topological polar surface area (TPSA) is 75.7 Å². The molecular formula is C32H34N2O4S. The molecule has 1 unspecified atom stereocenters. The van der Waals surface area contributed by atoms with Gasteiger partial charge in [0, 0.05) is 0 Å². The zero-order valence-corrected chi connectivity index (χ0v) is 23.3. The number of carbonyl (C=O) groups is 1. The van der Waals surface area contributed by atoms with Crippen molar-refractivity contribution < 1.29 is 17.9 Å². The Balaban J connectivity index is 1.74. The van der Waals surface area contributed by atoms with Gasteiger partial charge in [-0.25, -0.2) is 8.42 Å². The van der Waals surface area contributed by atoms with E-state index in [1.54, 1.807) is 61.7 Å². The van der Waals surface area contributed by atoms with Crippen LogP contribution in [0.25, 0.3) is 0 Å². The molecule has 4 aromatic carbocycles. The lowest BCUT2D eigenvalue weighted by Gasteiger charge is -2.28. The van der Waals surface area contributed by atoms with E-state index in [9.17, 15) is 13.2 Å². The largest absolute Gasteiger partial charge is 0.497 e. The zero-order valence-electron chi connectivity index (χ0n) is 22.4. The van der Waals surface area contributed by atoms with E-state index >= 15 is 0 Å². The molecule has 39 heavy (non-hydrogen) atoms. The van der Waals surface area contributed by atoms with Gasteiger partial charge in [-0.2, -0.15) is 0 Å². The lowest BCUT2D eigenvalue weighted by Crippen LogP contribution is -2.35. The maximum absolute atomic E-state index is 13.9. The summed E-state index contributed by atoms with van der Waals surface area (Å²) in [6.45, 7) is 4.28. The van der Waals surface area contributed by atoms with Gasteiger partial charge in [0.05, 0.1) is 35.8 Å². The van der Waals surface area contributed by atoms with Crippen LogP contribution in [0.4, 0.5) is 5.69 Å². The normalized spacial score (nSPS) is 12.1. The van der Waals surface area contributed by atoms with Gasteiger partial charge in [-0.1, -0.05) is 86.6 Å². The molecule has 0 radical (unpaired) electrons. The number of nitrogens with zero attached hydrogens (tertiary/aromatic N) is 1. The summed E-state index contributed by atoms with van der Waals surface area (Å²) in [6.07, 6.45) is 0.719. The second-order valence-electron chi connectivity index (χ2n) is 9.76. The van der Waals surface area contributed by atoms with E-state index in [-0.39, 0.29) is 29.0 Å². The number of rotatable bonds is 11. The average Bonchev–Trinajstić information content (AvgIpc) is 2.96. The SMILES string of the molecule is COc1ccc(C(CC(C)C)NC(=O)c2ccccc2N(Cc2ccccc2)S(=O)(=O)c2ccccc2)cc1. The van der Waals surface area contributed by atoms with Crippen LogP contribution >= 0.6 is 0 Å². The number of anilines is 1. The zero-order chi connectivity index (χ0) is 27.8. The summed E-state index contributed by atoms with van der Waals surface area (Å²) in [5.41, 5.74) is 2.37. The first-order valence-corrected chi connectivity index (χ1v) is 14.4. The summed E-state index contributed by atoms with van der Waals surface area (Å²) < 4.78 is 34.5. The lowest BCUT2D eigenvalue weighted by molar-refractivity contribution is 0.0932. The van der Waals surface area contributed by atoms with Crippen molar-refractivity contribution in [3.63, 3.8) is 0 Å². The van der Waals surface area contributed by atoms with Crippen LogP contribution in [-0.2, 0) is 16.6 Å². The molecule has 0 fully saturated rings. The molecule has 4 rings (SSSR count). The molecule has 4 aromatic rings. The maximum atomic E-state index is 13.9. The van der Waals surface area contributed by atoms with E-state index in [0.717, 1.165) is 23.3 Å². The second kappa shape index (κ2) is 12.6. The van der Waals surface area contributed by atoms with E-state index in [0.29, 0.717) is 11.6 Å². The molecule has 0 aliphatic heterocycles. The van der Waals surface area contributed by atoms with Gasteiger partial charge in [-0.3, -0.25) is 9.10 Å². The van der Waals surface area contributed by atoms with Crippen molar-refractivity contribution in [2.24, 2.45) is 5.92 Å². The molecule has 0 bridgehead atoms. The van der Waals surface area contributed by atoms with Gasteiger partial charge in [0.25, 0.3) is 15.9 Å². The van der Waals surface area contributed by atoms with E-state index in [2.05, 4.69) is 19.2 Å². The quantitative estimate of drug-likeness (QED) is 0.231. The van der Waals surface area contributed by atoms with E-state index in [1.807, 2.05) is 54.6 Å². The molecule has 0 aromatic heterocycles. The van der Waals surface area contributed by atoms with Crippen molar-refractivity contribution in [3.05, 3.63) is 126 Å². The van der Waals surface area contributed by atoms with Crippen molar-refractivity contribution >= 4 is 21.6 Å². The first-order valence-electron chi connectivity index (χ1n) is 12.9. The molecule has 1 amide bonds. The van der Waals surface area contributed by atoms with Gasteiger partial charge >= 0.3 is 0 Å². The highest BCUT2D eigenvalue weighted by Gasteiger charge is 2.29. The third kappa shape index (κ3) is 6.86. The second-order valence-corrected chi connectivity index (χ2v) is 11.6. The summed E-state index contributed by atoms with van der Waals surface area (Å²) in [7, 11) is -2.36. The van der Waals surface area contributed by atoms with Crippen molar-refractivity contribution in [1.82, 2.24) is 5.32 Å². The van der Waals surface area contributed by atoms with Gasteiger partial charge in [-0.15, -0.1) is 0 Å². The average molecular weight is 543 g/mol. The Labute approximate surface area is 231 Å². The number of hydrogen-bond acceptors (Lipinski definition) is 4. The van der Waals surface area contributed by atoms with E-state index < -0.39 is 10.0 Å². The van der Waals surface area contributed by atoms with Gasteiger partial charge in [0.1, 0.15) is 5.75 Å². The molecule has 0 heterocycles. The Kier molecular flexibility index (Phi) is 9.04. The van der Waals surface area contributed by atoms with Crippen molar-refractivity contribution in [2.75, 3.05) is 11.4 Å². The summed E-state index contributed by atoms with van der Waals surface area (Å²) in [5.74, 6) is 0.718. The minimum Gasteiger partial charge on any atom is -0.497 e. The van der Waals surface area contributed by atoms with Crippen molar-refractivity contribution in [1.29, 1.82) is 0 Å². The number of amides is 1. The number of ether oxygens (including phenoxy) is 1. The van der Waals surface area contributed by atoms with Crippen LogP contribution in [0.2, 0.25) is 0 Å². The third-order valence-corrected chi connectivity index (χ3v) is 8.22. The summed E-state index contributed by atoms with van der Waals surface area (Å²) in [6, 6.07) is 31.9. The fourth-order valence-electron chi connectivity index (χ4n) is 4.47. The number of nitrogens with one attached hydrogen (secondary N) is 1. The number of hydrogen-bond donors (Lipinski definition) is 1. The molecule has 0 aliphatic carbocycles. The number of carbonyl (C=O) groups excluding carboxylic acids is 1. The van der Waals surface area contributed by atoms with Crippen molar-refractivity contribution in [3.8, 4) is 5.75 Å². The summed E-state index contributed by atoms with van der Waals surface area (Å²) in [4.78, 5) is 14.0. The van der Waals surface area contributed by atoms with E-state index in [1.165, 1.54) is 4.31 Å². The number of methoxy groups -OCH3 is 1. The summed E-state index contributed by atoms with van der Waals surface area (Å²) >= 11 is 0. The van der Waals surface area contributed by atoms with Gasteiger partial charge in [0.2, 0.25) is 0 Å². The highest BCUT2D eigenvalue weighted by atomic mass is 32.2. The van der Waals surface area contributed by atoms with Crippen LogP contribution in [-0.4, -0.2) is 21.4 Å². The fourth-order valence-corrected chi connectivity index (χ4v) is 5.97. The van der Waals surface area contributed by atoms with Gasteiger partial charge in [-0.05, 0) is 59.9 Å². The number of benzene rings is 4. The van der Waals surface area contributed by atoms with Gasteiger partial charge < -0.3 is 10.1 Å². The number of para-hydroxylation sites is 1. The molecule has 6 nitrogen and oxygen atoms in total. The van der Waals surface area contributed by atoms with Crippen LogP contribution in [0.5, 0.6) is 5.75 Å². The highest BCUT2D eigenvalue weighted by molar-refractivity contribution is 7.92. The first kappa shape index (κ1) is 27.9. The Bertz CT molecular complexity index is 1470. The lowest BCUT2D eigenvalue weighted by atomic mass is 9.96. The fraction of sp³-hybridized carbons (Fsp3) is 0.219. The van der Waals surface area contributed by atoms with Crippen LogP contribution in [0.3, 0.4) is 0 Å². The maximum Gasteiger partial charge on any atom is 0.264 e.